The molecule has 3 amide bonds. The molecule has 0 radical (unpaired) electrons. The minimum absolute atomic E-state index is 0.0868. The molecule has 0 bridgehead atoms. The van der Waals surface area contributed by atoms with Crippen LogP contribution in [0.4, 0.5) is 4.79 Å². The molecule has 3 rings (SSSR count). The zero-order chi connectivity index (χ0) is 20.1. The number of imide groups is 1. The van der Waals surface area contributed by atoms with Crippen molar-refractivity contribution in [1.29, 1.82) is 0 Å². The molecule has 2 aromatic carbocycles. The van der Waals surface area contributed by atoms with Gasteiger partial charge in [0.2, 0.25) is 0 Å². The van der Waals surface area contributed by atoms with E-state index >= 15 is 0 Å². The van der Waals surface area contributed by atoms with Crippen LogP contribution < -0.4 is 10.1 Å². The van der Waals surface area contributed by atoms with E-state index in [0.717, 1.165) is 10.5 Å². The second-order valence-corrected chi connectivity index (χ2v) is 6.38. The van der Waals surface area contributed by atoms with Crippen LogP contribution in [0.5, 0.6) is 5.75 Å². The highest BCUT2D eigenvalue weighted by Gasteiger charge is 2.35. The Hall–Kier alpha value is -3.32. The van der Waals surface area contributed by atoms with E-state index in [4.69, 9.17) is 16.3 Å². The largest absolute Gasteiger partial charge is 0.489 e. The molecule has 0 unspecified atom stereocenters. The molecule has 7 nitrogen and oxygen atoms in total. The molecule has 28 heavy (non-hydrogen) atoms. The van der Waals surface area contributed by atoms with Gasteiger partial charge >= 0.3 is 12.0 Å². The summed E-state index contributed by atoms with van der Waals surface area (Å²) in [5, 5.41) is 3.11. The van der Waals surface area contributed by atoms with Gasteiger partial charge in [0.1, 0.15) is 24.6 Å². The van der Waals surface area contributed by atoms with Crippen LogP contribution in [0.1, 0.15) is 11.1 Å². The Balaban J connectivity index is 1.63. The molecule has 0 aromatic heterocycles. The summed E-state index contributed by atoms with van der Waals surface area (Å²) >= 11 is 5.85. The fourth-order valence-corrected chi connectivity index (χ4v) is 2.61. The quantitative estimate of drug-likeness (QED) is 0.457. The molecule has 1 aliphatic rings. The number of rotatable bonds is 6. The number of benzene rings is 2. The Morgan fingerprint density at radius 3 is 2.43 bits per heavy atom. The highest BCUT2D eigenvalue weighted by molar-refractivity contribution is 6.30. The van der Waals surface area contributed by atoms with Crippen molar-refractivity contribution >= 4 is 35.6 Å². The fourth-order valence-electron chi connectivity index (χ4n) is 2.48. The summed E-state index contributed by atoms with van der Waals surface area (Å²) in [4.78, 5) is 36.2. The minimum Gasteiger partial charge on any atom is -0.489 e. The van der Waals surface area contributed by atoms with Gasteiger partial charge in [-0.15, -0.1) is 0 Å². The second-order valence-electron chi connectivity index (χ2n) is 5.94. The van der Waals surface area contributed by atoms with Gasteiger partial charge in [0.05, 0.1) is 7.11 Å². The molecule has 1 aliphatic heterocycles. The van der Waals surface area contributed by atoms with E-state index in [0.29, 0.717) is 22.9 Å². The Kier molecular flexibility index (Phi) is 5.96. The molecule has 2 aromatic rings. The normalized spacial score (nSPS) is 14.9. The van der Waals surface area contributed by atoms with Crippen LogP contribution in [0.3, 0.4) is 0 Å². The molecule has 8 heteroatoms. The number of nitrogens with zero attached hydrogens (tertiary/aromatic N) is 1. The van der Waals surface area contributed by atoms with Crippen molar-refractivity contribution in [2.45, 2.75) is 6.61 Å². The van der Waals surface area contributed by atoms with Crippen LogP contribution in [-0.2, 0) is 20.9 Å². The molecule has 144 valence electrons. The van der Waals surface area contributed by atoms with E-state index < -0.39 is 24.5 Å². The van der Waals surface area contributed by atoms with E-state index in [-0.39, 0.29) is 5.70 Å². The van der Waals surface area contributed by atoms with Crippen molar-refractivity contribution in [3.63, 3.8) is 0 Å². The van der Waals surface area contributed by atoms with Gasteiger partial charge in [-0.2, -0.15) is 0 Å². The molecule has 0 saturated carbocycles. The van der Waals surface area contributed by atoms with Crippen molar-refractivity contribution in [2.75, 3.05) is 13.7 Å². The molecule has 1 saturated heterocycles. The summed E-state index contributed by atoms with van der Waals surface area (Å²) in [5.41, 5.74) is 1.77. The Labute approximate surface area is 166 Å². The van der Waals surface area contributed by atoms with Gasteiger partial charge in [-0.05, 0) is 41.5 Å². The van der Waals surface area contributed by atoms with Crippen molar-refractivity contribution < 1.29 is 23.9 Å². The number of carbonyl (C=O) groups excluding carboxylic acids is 3. The fraction of sp³-hybridized carbons (Fsp3) is 0.150. The average Bonchev–Trinajstić information content (AvgIpc) is 2.96. The van der Waals surface area contributed by atoms with Crippen molar-refractivity contribution in [3.05, 3.63) is 70.4 Å². The Morgan fingerprint density at radius 2 is 1.79 bits per heavy atom. The lowest BCUT2D eigenvalue weighted by molar-refractivity contribution is -0.143. The van der Waals surface area contributed by atoms with Gasteiger partial charge in [-0.3, -0.25) is 9.59 Å². The molecule has 0 atom stereocenters. The number of hydrogen-bond acceptors (Lipinski definition) is 5. The lowest BCUT2D eigenvalue weighted by atomic mass is 10.2. The van der Waals surface area contributed by atoms with Crippen molar-refractivity contribution in [2.24, 2.45) is 0 Å². The van der Waals surface area contributed by atoms with Gasteiger partial charge in [0, 0.05) is 5.02 Å². The molecular formula is C20H17ClN2O5. The molecule has 1 heterocycles. The number of methoxy groups -OCH3 is 1. The maximum Gasteiger partial charge on any atom is 0.329 e. The summed E-state index contributed by atoms with van der Waals surface area (Å²) in [7, 11) is 1.19. The Bertz CT molecular complexity index is 923. The summed E-state index contributed by atoms with van der Waals surface area (Å²) < 4.78 is 10.2. The first-order valence-electron chi connectivity index (χ1n) is 8.35. The summed E-state index contributed by atoms with van der Waals surface area (Å²) in [6, 6.07) is 13.7. The van der Waals surface area contributed by atoms with Crippen LogP contribution in [0, 0.1) is 0 Å². The lowest BCUT2D eigenvalue weighted by Crippen LogP contribution is -2.36. The number of hydrogen-bond donors (Lipinski definition) is 1. The number of nitrogens with one attached hydrogen (secondary N) is 1. The highest BCUT2D eigenvalue weighted by Crippen LogP contribution is 2.19. The third-order valence-electron chi connectivity index (χ3n) is 3.99. The van der Waals surface area contributed by atoms with E-state index in [1.807, 2.05) is 12.1 Å². The zero-order valence-corrected chi connectivity index (χ0v) is 15.7. The monoisotopic (exact) mass is 400 g/mol. The SMILES string of the molecule is COC(=O)CN1C(=O)NC(=Cc2ccc(OCc3ccc(Cl)cc3)cc2)C1=O. The van der Waals surface area contributed by atoms with Crippen LogP contribution in [0.25, 0.3) is 6.08 Å². The maximum absolute atomic E-state index is 12.3. The predicted molar refractivity (Wildman–Crippen MR) is 102 cm³/mol. The van der Waals surface area contributed by atoms with Crippen molar-refractivity contribution in [1.82, 2.24) is 10.2 Å². The lowest BCUT2D eigenvalue weighted by Gasteiger charge is -2.09. The van der Waals surface area contributed by atoms with E-state index in [9.17, 15) is 14.4 Å². The number of urea groups is 1. The van der Waals surface area contributed by atoms with E-state index in [1.54, 1.807) is 36.4 Å². The third-order valence-corrected chi connectivity index (χ3v) is 4.24. The van der Waals surface area contributed by atoms with E-state index in [1.165, 1.54) is 13.2 Å². The summed E-state index contributed by atoms with van der Waals surface area (Å²) in [5.74, 6) is -0.600. The van der Waals surface area contributed by atoms with Crippen LogP contribution in [0.15, 0.2) is 54.2 Å². The molecule has 1 fully saturated rings. The summed E-state index contributed by atoms with van der Waals surface area (Å²) in [6.07, 6.45) is 1.53. The first-order valence-corrected chi connectivity index (χ1v) is 8.73. The minimum atomic E-state index is -0.674. The zero-order valence-electron chi connectivity index (χ0n) is 15.0. The highest BCUT2D eigenvalue weighted by atomic mass is 35.5. The van der Waals surface area contributed by atoms with Gasteiger partial charge in [-0.25, -0.2) is 9.69 Å². The van der Waals surface area contributed by atoms with Crippen molar-refractivity contribution in [3.8, 4) is 5.75 Å². The molecular weight excluding hydrogens is 384 g/mol. The number of halogens is 1. The standard InChI is InChI=1S/C20H17ClN2O5/c1-27-18(24)11-23-19(25)17(22-20(23)26)10-13-4-8-16(9-5-13)28-12-14-2-6-15(21)7-3-14/h2-10H,11-12H2,1H3,(H,22,26). The molecule has 0 aliphatic carbocycles. The van der Waals surface area contributed by atoms with Gasteiger partial charge in [-0.1, -0.05) is 35.9 Å². The number of ether oxygens (including phenoxy) is 2. The van der Waals surface area contributed by atoms with Gasteiger partial charge in [0.15, 0.2) is 0 Å². The number of esters is 1. The maximum atomic E-state index is 12.3. The molecule has 1 N–H and O–H groups in total. The topological polar surface area (TPSA) is 84.9 Å². The van der Waals surface area contributed by atoms with Gasteiger partial charge < -0.3 is 14.8 Å². The Morgan fingerprint density at radius 1 is 1.11 bits per heavy atom. The third kappa shape index (κ3) is 4.69. The second kappa shape index (κ2) is 8.58. The predicted octanol–water partition coefficient (Wildman–Crippen LogP) is 2.98. The summed E-state index contributed by atoms with van der Waals surface area (Å²) in [6.45, 7) is -0.0371. The van der Waals surface area contributed by atoms with Gasteiger partial charge in [0.25, 0.3) is 5.91 Å². The average molecular weight is 401 g/mol. The smallest absolute Gasteiger partial charge is 0.329 e. The number of amides is 3. The first kappa shape index (κ1) is 19.4. The van der Waals surface area contributed by atoms with Crippen LogP contribution in [-0.4, -0.2) is 36.5 Å². The molecule has 0 spiro atoms. The number of carbonyl (C=O) groups is 3. The van der Waals surface area contributed by atoms with Crippen LogP contribution in [0.2, 0.25) is 5.02 Å². The first-order chi connectivity index (χ1) is 13.5. The van der Waals surface area contributed by atoms with Crippen LogP contribution >= 0.6 is 11.6 Å². The van der Waals surface area contributed by atoms with E-state index in [2.05, 4.69) is 10.1 Å².